The van der Waals surface area contributed by atoms with E-state index in [1.54, 1.807) is 0 Å². The molecule has 2 fully saturated rings. The first-order valence-electron chi connectivity index (χ1n) is 15.1. The van der Waals surface area contributed by atoms with Crippen LogP contribution in [-0.4, -0.2) is 73.3 Å². The molecule has 1 saturated carbocycles. The Morgan fingerprint density at radius 2 is 1.68 bits per heavy atom. The van der Waals surface area contributed by atoms with Gasteiger partial charge in [-0.25, -0.2) is 30.8 Å². The van der Waals surface area contributed by atoms with Crippen LogP contribution in [0.2, 0.25) is 0 Å². The highest BCUT2D eigenvalue weighted by atomic mass is 32.2. The van der Waals surface area contributed by atoms with Crippen LogP contribution < -0.4 is 16.0 Å². The summed E-state index contributed by atoms with van der Waals surface area (Å²) in [7, 11) is -2.48. The van der Waals surface area contributed by atoms with Gasteiger partial charge in [-0.3, -0.25) is 9.78 Å². The van der Waals surface area contributed by atoms with E-state index < -0.39 is 68.5 Å². The van der Waals surface area contributed by atoms with Crippen molar-refractivity contribution in [2.75, 3.05) is 25.5 Å². The monoisotopic (exact) mass is 677 g/mol. The van der Waals surface area contributed by atoms with E-state index >= 15 is 4.39 Å². The smallest absolute Gasteiger partial charge is 0.407 e. The number of carbonyl (C=O) groups excluding carboxylic acids is 2. The number of ether oxygens (including phenoxy) is 1. The molecule has 252 valence electrons. The number of aromatic nitrogens is 1. The molecular formula is C32H35F4N5O5S. The number of nitrogens with zero attached hydrogens (tertiary/aromatic N) is 2. The van der Waals surface area contributed by atoms with Gasteiger partial charge >= 0.3 is 6.09 Å². The first kappa shape index (κ1) is 34.3. The molecule has 10 nitrogen and oxygen atoms in total. The second kappa shape index (κ2) is 14.4. The third-order valence-corrected chi connectivity index (χ3v) is 11.0. The molecule has 0 radical (unpaired) electrons. The maximum absolute atomic E-state index is 15.3. The Hall–Kier alpha value is -4.08. The maximum Gasteiger partial charge on any atom is 0.407 e. The van der Waals surface area contributed by atoms with Crippen LogP contribution in [0.25, 0.3) is 0 Å². The van der Waals surface area contributed by atoms with Crippen LogP contribution >= 0.6 is 0 Å². The van der Waals surface area contributed by atoms with E-state index in [1.807, 2.05) is 6.92 Å². The van der Waals surface area contributed by atoms with Crippen LogP contribution in [0.15, 0.2) is 54.9 Å². The van der Waals surface area contributed by atoms with Gasteiger partial charge in [0.2, 0.25) is 15.9 Å². The molecule has 15 heteroatoms. The first-order chi connectivity index (χ1) is 22.4. The van der Waals surface area contributed by atoms with E-state index in [4.69, 9.17) is 4.74 Å². The average molecular weight is 678 g/mol. The Morgan fingerprint density at radius 3 is 2.32 bits per heavy atom. The number of piperazine rings is 1. The lowest BCUT2D eigenvalue weighted by atomic mass is 9.84. The Morgan fingerprint density at radius 1 is 1.00 bits per heavy atom. The van der Waals surface area contributed by atoms with Gasteiger partial charge in [0.25, 0.3) is 0 Å². The molecule has 2 amide bonds. The quantitative estimate of drug-likeness (QED) is 0.259. The van der Waals surface area contributed by atoms with Crippen LogP contribution in [0.5, 0.6) is 0 Å². The van der Waals surface area contributed by atoms with Crippen LogP contribution in [0.3, 0.4) is 0 Å². The number of methoxy groups -OCH3 is 1. The zero-order valence-corrected chi connectivity index (χ0v) is 26.5. The van der Waals surface area contributed by atoms with Gasteiger partial charge in [0.05, 0.1) is 30.4 Å². The highest BCUT2D eigenvalue weighted by Gasteiger charge is 2.45. The number of benzene rings is 2. The highest BCUT2D eigenvalue weighted by molar-refractivity contribution is 7.90. The Kier molecular flexibility index (Phi) is 10.5. The lowest BCUT2D eigenvalue weighted by Gasteiger charge is -2.40. The average Bonchev–Trinajstić information content (AvgIpc) is 3.87. The fourth-order valence-corrected chi connectivity index (χ4v) is 8.31. The molecule has 2 heterocycles. The third-order valence-electron chi connectivity index (χ3n) is 8.39. The number of nitrogens with one attached hydrogen (secondary N) is 3. The summed E-state index contributed by atoms with van der Waals surface area (Å²) in [6.07, 6.45) is 2.56. The number of rotatable bonds is 11. The van der Waals surface area contributed by atoms with Gasteiger partial charge in [-0.15, -0.1) is 0 Å². The minimum absolute atomic E-state index is 0.0192. The molecule has 1 aromatic heterocycles. The number of amides is 2. The number of halogens is 4. The number of hydrogen-bond acceptors (Lipinski definition) is 7. The molecule has 1 aliphatic heterocycles. The summed E-state index contributed by atoms with van der Waals surface area (Å²) in [5, 5.41) is 7.79. The lowest BCUT2D eigenvalue weighted by molar-refractivity contribution is -0.118. The van der Waals surface area contributed by atoms with Gasteiger partial charge in [-0.05, 0) is 68.0 Å². The first-order valence-corrected chi connectivity index (χ1v) is 16.6. The summed E-state index contributed by atoms with van der Waals surface area (Å²) >= 11 is 0. The fraction of sp³-hybridized carbons (Fsp3) is 0.406. The number of pyridine rings is 1. The van der Waals surface area contributed by atoms with Crippen LogP contribution in [0, 0.1) is 23.3 Å². The molecule has 0 unspecified atom stereocenters. The van der Waals surface area contributed by atoms with Gasteiger partial charge in [0.1, 0.15) is 29.3 Å². The van der Waals surface area contributed by atoms with Crippen molar-refractivity contribution in [1.29, 1.82) is 0 Å². The van der Waals surface area contributed by atoms with E-state index in [0.29, 0.717) is 32.0 Å². The van der Waals surface area contributed by atoms with Gasteiger partial charge in [0, 0.05) is 42.7 Å². The van der Waals surface area contributed by atoms with Gasteiger partial charge in [0.15, 0.2) is 0 Å². The predicted octanol–water partition coefficient (Wildman–Crippen LogP) is 4.22. The molecule has 0 spiro atoms. The van der Waals surface area contributed by atoms with Gasteiger partial charge in [-0.1, -0.05) is 12.1 Å². The predicted molar refractivity (Wildman–Crippen MR) is 165 cm³/mol. The summed E-state index contributed by atoms with van der Waals surface area (Å²) in [6, 6.07) is 5.00. The number of alkyl carbamates (subject to hydrolysis) is 1. The van der Waals surface area contributed by atoms with Crippen molar-refractivity contribution in [3.05, 3.63) is 94.8 Å². The van der Waals surface area contributed by atoms with Crippen molar-refractivity contribution >= 4 is 27.7 Å². The van der Waals surface area contributed by atoms with Crippen molar-refractivity contribution < 1.29 is 40.3 Å². The highest BCUT2D eigenvalue weighted by Crippen LogP contribution is 2.35. The third kappa shape index (κ3) is 7.91. The summed E-state index contributed by atoms with van der Waals surface area (Å²) in [4.78, 5) is 30.3. The molecule has 2 aromatic carbocycles. The number of carbonyl (C=O) groups is 2. The Labute approximate surface area is 269 Å². The van der Waals surface area contributed by atoms with E-state index in [-0.39, 0.29) is 41.3 Å². The van der Waals surface area contributed by atoms with Crippen LogP contribution in [-0.2, 0) is 26.0 Å². The van der Waals surface area contributed by atoms with Gasteiger partial charge in [-0.2, -0.15) is 4.31 Å². The molecule has 1 saturated heterocycles. The minimum atomic E-state index is -3.54. The molecule has 2 aliphatic rings. The van der Waals surface area contributed by atoms with E-state index in [9.17, 15) is 31.2 Å². The SMILES string of the molecule is COC(=O)N[C@H](C(=O)Nc1cncc(F)c1CC[C@H]1CNC[C@H](C)N1S(=O)(=O)C1CC1)[C@@H](c1ccc(F)cc1)c1cc(F)cc(F)c1. The molecule has 0 bridgehead atoms. The van der Waals surface area contributed by atoms with Crippen molar-refractivity contribution in [3.8, 4) is 0 Å². The standard InChI is InChI=1S/C32H35F4N5O5S/c1-18-14-37-15-24(41(18)47(44,45)25-8-9-25)7-10-26-27(36)16-38-17-28(26)39-31(42)30(40-32(43)46-2)29(19-3-5-21(33)6-4-19)20-11-22(34)13-23(35)12-20/h3-6,11-13,16-18,24-25,29-30,37H,7-10,14-15H2,1-2H3,(H,39,42)(H,40,43)/t18-,24-,29-,30-/m0/s1. The molecule has 1 aliphatic carbocycles. The van der Waals surface area contributed by atoms with Crippen molar-refractivity contribution in [1.82, 2.24) is 19.9 Å². The van der Waals surface area contributed by atoms with Crippen molar-refractivity contribution in [2.45, 2.75) is 61.9 Å². The molecule has 4 atom stereocenters. The Bertz CT molecular complexity index is 1700. The van der Waals surface area contributed by atoms with Gasteiger partial charge < -0.3 is 20.7 Å². The second-order valence-electron chi connectivity index (χ2n) is 11.8. The molecule has 47 heavy (non-hydrogen) atoms. The topological polar surface area (TPSA) is 130 Å². The lowest BCUT2D eigenvalue weighted by Crippen LogP contribution is -2.59. The van der Waals surface area contributed by atoms with Crippen LogP contribution in [0.1, 0.15) is 48.8 Å². The number of anilines is 1. The normalized spacial score (nSPS) is 19.9. The number of sulfonamides is 1. The van der Waals surface area contributed by atoms with Crippen molar-refractivity contribution in [3.63, 3.8) is 0 Å². The van der Waals surface area contributed by atoms with Crippen molar-refractivity contribution in [2.24, 2.45) is 0 Å². The van der Waals surface area contributed by atoms with E-state index in [0.717, 1.165) is 37.6 Å². The second-order valence-corrected chi connectivity index (χ2v) is 13.9. The molecule has 3 N–H and O–H groups in total. The zero-order chi connectivity index (χ0) is 33.9. The van der Waals surface area contributed by atoms with E-state index in [1.165, 1.54) is 22.6 Å². The zero-order valence-electron chi connectivity index (χ0n) is 25.7. The fourth-order valence-electron chi connectivity index (χ4n) is 6.06. The molecule has 3 aromatic rings. The minimum Gasteiger partial charge on any atom is -0.453 e. The van der Waals surface area contributed by atoms with Crippen LogP contribution in [0.4, 0.5) is 28.0 Å². The summed E-state index contributed by atoms with van der Waals surface area (Å²) in [6.45, 7) is 2.65. The number of hydrogen-bond donors (Lipinski definition) is 3. The molecule has 5 rings (SSSR count). The summed E-state index contributed by atoms with van der Waals surface area (Å²) < 4.78 is 90.7. The molecular weight excluding hydrogens is 642 g/mol. The maximum atomic E-state index is 15.3. The Balaban J connectivity index is 1.46. The summed E-state index contributed by atoms with van der Waals surface area (Å²) in [5.74, 6) is -5.46. The largest absolute Gasteiger partial charge is 0.453 e. The summed E-state index contributed by atoms with van der Waals surface area (Å²) in [5.41, 5.74) is 0.159. The van der Waals surface area contributed by atoms with E-state index in [2.05, 4.69) is 20.9 Å².